The Morgan fingerprint density at radius 2 is 1.59 bits per heavy atom. The molecule has 1 saturated carbocycles. The van der Waals surface area contributed by atoms with E-state index in [4.69, 9.17) is 0 Å². The van der Waals surface area contributed by atoms with Gasteiger partial charge in [-0.05, 0) is 32.7 Å². The molecular weight excluding hydrogens is 364 g/mol. The van der Waals surface area contributed by atoms with Crippen LogP contribution in [-0.4, -0.2) is 111 Å². The summed E-state index contributed by atoms with van der Waals surface area (Å²) in [6, 6.07) is 0.768. The number of hydrogen-bond acceptors (Lipinski definition) is 4. The summed E-state index contributed by atoms with van der Waals surface area (Å²) in [5.74, 6) is 1.32. The van der Waals surface area contributed by atoms with Crippen LogP contribution in [0.4, 0.5) is 0 Å². The second-order valence-electron chi connectivity index (χ2n) is 8.95. The van der Waals surface area contributed by atoms with Crippen LogP contribution in [0.3, 0.4) is 0 Å². The van der Waals surface area contributed by atoms with Crippen LogP contribution in [0.1, 0.15) is 51.4 Å². The number of carbonyl (C=O) groups excluding carboxylic acids is 1. The molecule has 0 unspecified atom stereocenters. The molecule has 0 aromatic heterocycles. The lowest BCUT2D eigenvalue weighted by atomic mass is 10.2. The van der Waals surface area contributed by atoms with Crippen molar-refractivity contribution in [3.63, 3.8) is 0 Å². The van der Waals surface area contributed by atoms with Crippen molar-refractivity contribution in [1.29, 1.82) is 0 Å². The van der Waals surface area contributed by atoms with Crippen molar-refractivity contribution >= 4 is 11.9 Å². The Bertz CT molecular complexity index is 517. The third-order valence-electron chi connectivity index (χ3n) is 6.90. The summed E-state index contributed by atoms with van der Waals surface area (Å²) in [7, 11) is 4.12. The van der Waals surface area contributed by atoms with Gasteiger partial charge in [0, 0.05) is 65.4 Å². The van der Waals surface area contributed by atoms with Crippen molar-refractivity contribution in [1.82, 2.24) is 24.9 Å². The van der Waals surface area contributed by atoms with Crippen molar-refractivity contribution < 1.29 is 4.79 Å². The molecule has 2 aliphatic heterocycles. The Balaban J connectivity index is 1.35. The van der Waals surface area contributed by atoms with E-state index in [1.807, 2.05) is 7.05 Å². The molecule has 0 aromatic rings. The molecular formula is C22H42N6O. The largest absolute Gasteiger partial charge is 0.355 e. The lowest BCUT2D eigenvalue weighted by molar-refractivity contribution is -0.132. The topological polar surface area (TPSA) is 54.4 Å². The fourth-order valence-corrected chi connectivity index (χ4v) is 4.93. The van der Waals surface area contributed by atoms with Crippen LogP contribution in [0.25, 0.3) is 0 Å². The highest BCUT2D eigenvalue weighted by Crippen LogP contribution is 2.21. The number of guanidine groups is 1. The minimum absolute atomic E-state index is 0.317. The van der Waals surface area contributed by atoms with Crippen LogP contribution in [0.15, 0.2) is 4.99 Å². The average Bonchev–Trinajstić information content (AvgIpc) is 3.14. The van der Waals surface area contributed by atoms with Crippen LogP contribution in [0, 0.1) is 0 Å². The molecule has 1 N–H and O–H groups in total. The lowest BCUT2D eigenvalue weighted by Gasteiger charge is -2.37. The molecule has 1 aliphatic carbocycles. The van der Waals surface area contributed by atoms with E-state index in [2.05, 4.69) is 37.0 Å². The number of likely N-dealkylation sites (tertiary alicyclic amines) is 1. The van der Waals surface area contributed by atoms with Crippen LogP contribution in [0.5, 0.6) is 0 Å². The Labute approximate surface area is 177 Å². The van der Waals surface area contributed by atoms with Crippen LogP contribution < -0.4 is 5.32 Å². The first-order chi connectivity index (χ1) is 14.2. The van der Waals surface area contributed by atoms with Gasteiger partial charge in [-0.25, -0.2) is 0 Å². The summed E-state index contributed by atoms with van der Waals surface area (Å²) in [4.78, 5) is 26.4. The van der Waals surface area contributed by atoms with Gasteiger partial charge in [-0.3, -0.25) is 14.7 Å². The SMILES string of the molecule is CN=C(NCCN(C)C1CCCC1)N1CCN(CC(=O)N2CCCCCC2)CC1. The molecule has 2 saturated heterocycles. The lowest BCUT2D eigenvalue weighted by Crippen LogP contribution is -2.54. The highest BCUT2D eigenvalue weighted by molar-refractivity contribution is 5.80. The molecule has 0 spiro atoms. The van der Waals surface area contributed by atoms with E-state index >= 15 is 0 Å². The van der Waals surface area contributed by atoms with Gasteiger partial charge >= 0.3 is 0 Å². The van der Waals surface area contributed by atoms with Gasteiger partial charge in [0.2, 0.25) is 5.91 Å². The summed E-state index contributed by atoms with van der Waals surface area (Å²) in [6.07, 6.45) is 10.3. The molecule has 29 heavy (non-hydrogen) atoms. The number of rotatable bonds is 6. The monoisotopic (exact) mass is 406 g/mol. The van der Waals surface area contributed by atoms with Gasteiger partial charge in [0.05, 0.1) is 6.54 Å². The van der Waals surface area contributed by atoms with Crippen molar-refractivity contribution in [3.8, 4) is 0 Å². The van der Waals surface area contributed by atoms with Gasteiger partial charge in [-0.1, -0.05) is 25.7 Å². The Morgan fingerprint density at radius 3 is 2.21 bits per heavy atom. The smallest absolute Gasteiger partial charge is 0.236 e. The summed E-state index contributed by atoms with van der Waals surface area (Å²) in [5.41, 5.74) is 0. The third-order valence-corrected chi connectivity index (χ3v) is 6.90. The zero-order chi connectivity index (χ0) is 20.5. The first kappa shape index (κ1) is 22.3. The second kappa shape index (κ2) is 11.7. The number of nitrogens with one attached hydrogen (secondary N) is 1. The highest BCUT2D eigenvalue weighted by atomic mass is 16.2. The quantitative estimate of drug-likeness (QED) is 0.535. The summed E-state index contributed by atoms with van der Waals surface area (Å²) in [6.45, 7) is 8.21. The molecule has 3 fully saturated rings. The van der Waals surface area contributed by atoms with Gasteiger partial charge < -0.3 is 20.0 Å². The van der Waals surface area contributed by atoms with Crippen LogP contribution in [-0.2, 0) is 4.79 Å². The number of aliphatic imine (C=N–C) groups is 1. The number of carbonyl (C=O) groups is 1. The number of hydrogen-bond donors (Lipinski definition) is 1. The molecule has 7 nitrogen and oxygen atoms in total. The van der Waals surface area contributed by atoms with E-state index < -0.39 is 0 Å². The van der Waals surface area contributed by atoms with Crippen molar-refractivity contribution in [2.75, 3.05) is 73.0 Å². The Morgan fingerprint density at radius 1 is 0.931 bits per heavy atom. The molecule has 0 radical (unpaired) electrons. The number of amides is 1. The number of piperazine rings is 1. The van der Waals surface area contributed by atoms with Crippen LogP contribution in [0.2, 0.25) is 0 Å². The maximum atomic E-state index is 12.6. The zero-order valence-corrected chi connectivity index (χ0v) is 18.7. The molecule has 7 heteroatoms. The van der Waals surface area contributed by atoms with E-state index in [-0.39, 0.29) is 0 Å². The highest BCUT2D eigenvalue weighted by Gasteiger charge is 2.24. The molecule has 3 rings (SSSR count). The van der Waals surface area contributed by atoms with Gasteiger partial charge in [0.1, 0.15) is 0 Å². The normalized spacial score (nSPS) is 22.9. The second-order valence-corrected chi connectivity index (χ2v) is 8.95. The van der Waals surface area contributed by atoms with Gasteiger partial charge in [-0.2, -0.15) is 0 Å². The number of nitrogens with zero attached hydrogens (tertiary/aromatic N) is 5. The molecule has 0 bridgehead atoms. The van der Waals surface area contributed by atoms with E-state index in [0.717, 1.165) is 77.2 Å². The predicted molar refractivity (Wildman–Crippen MR) is 119 cm³/mol. The summed E-state index contributed by atoms with van der Waals surface area (Å²) >= 11 is 0. The van der Waals surface area contributed by atoms with Crippen molar-refractivity contribution in [2.45, 2.75) is 57.4 Å². The standard InChI is InChI=1S/C22H42N6O/c1-23-22(24-11-14-25(2)20-9-5-6-10-20)28-17-15-26(16-18-28)19-21(29)27-12-7-3-4-8-13-27/h20H,3-19H2,1-2H3,(H,23,24). The Hall–Kier alpha value is -1.34. The molecule has 0 aromatic carbocycles. The van der Waals surface area contributed by atoms with Gasteiger partial charge in [0.15, 0.2) is 5.96 Å². The maximum Gasteiger partial charge on any atom is 0.236 e. The summed E-state index contributed by atoms with van der Waals surface area (Å²) in [5, 5.41) is 3.55. The first-order valence-electron chi connectivity index (χ1n) is 11.8. The van der Waals surface area contributed by atoms with E-state index in [9.17, 15) is 4.79 Å². The molecule has 1 amide bonds. The van der Waals surface area contributed by atoms with Crippen molar-refractivity contribution in [3.05, 3.63) is 0 Å². The van der Waals surface area contributed by atoms with Crippen molar-refractivity contribution in [2.24, 2.45) is 4.99 Å². The predicted octanol–water partition coefficient (Wildman–Crippen LogP) is 1.46. The minimum atomic E-state index is 0.317. The fraction of sp³-hybridized carbons (Fsp3) is 0.909. The van der Waals surface area contributed by atoms with Gasteiger partial charge in [-0.15, -0.1) is 0 Å². The van der Waals surface area contributed by atoms with E-state index in [1.165, 1.54) is 38.5 Å². The maximum absolute atomic E-state index is 12.6. The average molecular weight is 407 g/mol. The summed E-state index contributed by atoms with van der Waals surface area (Å²) < 4.78 is 0. The van der Waals surface area contributed by atoms with Crippen LogP contribution >= 0.6 is 0 Å². The molecule has 3 aliphatic rings. The fourth-order valence-electron chi connectivity index (χ4n) is 4.93. The molecule has 2 heterocycles. The zero-order valence-electron chi connectivity index (χ0n) is 18.7. The third kappa shape index (κ3) is 6.85. The minimum Gasteiger partial charge on any atom is -0.355 e. The first-order valence-corrected chi connectivity index (χ1v) is 11.8. The van der Waals surface area contributed by atoms with E-state index in [1.54, 1.807) is 0 Å². The molecule has 0 atom stereocenters. The van der Waals surface area contributed by atoms with E-state index in [0.29, 0.717) is 12.5 Å². The Kier molecular flexibility index (Phi) is 9.05. The van der Waals surface area contributed by atoms with Gasteiger partial charge in [0.25, 0.3) is 0 Å². The molecule has 166 valence electrons. The number of likely N-dealkylation sites (N-methyl/N-ethyl adjacent to an activating group) is 1.